The largest absolute Gasteiger partial charge is 0.375 e. The van der Waals surface area contributed by atoms with E-state index in [1.54, 1.807) is 4.57 Å². The number of aromatic nitrogens is 2. The average molecular weight is 492 g/mol. The van der Waals surface area contributed by atoms with Crippen molar-refractivity contribution in [3.63, 3.8) is 0 Å². The number of thioether (sulfide) groups is 1. The van der Waals surface area contributed by atoms with Crippen molar-refractivity contribution in [2.45, 2.75) is 24.7 Å². The van der Waals surface area contributed by atoms with Crippen LogP contribution in [0.2, 0.25) is 0 Å². The first-order valence-corrected chi connectivity index (χ1v) is 13.1. The van der Waals surface area contributed by atoms with Crippen LogP contribution in [0.3, 0.4) is 0 Å². The molecule has 5 rings (SSSR count). The lowest BCUT2D eigenvalue weighted by Gasteiger charge is -2.31. The lowest BCUT2D eigenvalue weighted by atomic mass is 10.1. The first-order valence-electron chi connectivity index (χ1n) is 11.2. The van der Waals surface area contributed by atoms with Crippen molar-refractivity contribution in [3.05, 3.63) is 82.0 Å². The lowest BCUT2D eigenvalue weighted by Crippen LogP contribution is -2.45. The topological polar surface area (TPSA) is 64.4 Å². The van der Waals surface area contributed by atoms with E-state index in [4.69, 9.17) is 9.72 Å². The number of morpholine rings is 1. The van der Waals surface area contributed by atoms with Crippen molar-refractivity contribution in [1.29, 1.82) is 0 Å². The molecule has 4 aromatic rings. The first-order chi connectivity index (χ1) is 16.6. The van der Waals surface area contributed by atoms with Crippen LogP contribution in [0.25, 0.3) is 21.3 Å². The minimum Gasteiger partial charge on any atom is -0.375 e. The van der Waals surface area contributed by atoms with Crippen LogP contribution in [-0.2, 0) is 16.1 Å². The van der Waals surface area contributed by atoms with E-state index < -0.39 is 0 Å². The second kappa shape index (κ2) is 10.1. The molecule has 6 nitrogen and oxygen atoms in total. The Morgan fingerprint density at radius 2 is 1.88 bits per heavy atom. The van der Waals surface area contributed by atoms with Crippen LogP contribution in [0.1, 0.15) is 12.5 Å². The third kappa shape index (κ3) is 4.80. The molecule has 0 aliphatic carbocycles. The number of ether oxygens (including phenoxy) is 1. The highest BCUT2D eigenvalue weighted by Crippen LogP contribution is 2.32. The van der Waals surface area contributed by atoms with Gasteiger partial charge in [-0.2, -0.15) is 0 Å². The molecule has 1 atom stereocenters. The Hall–Kier alpha value is -2.94. The van der Waals surface area contributed by atoms with Gasteiger partial charge in [-0.1, -0.05) is 72.4 Å². The van der Waals surface area contributed by atoms with Gasteiger partial charge in [0.2, 0.25) is 5.91 Å². The number of hydrogen-bond donors (Lipinski definition) is 0. The summed E-state index contributed by atoms with van der Waals surface area (Å²) < 4.78 is 7.26. The van der Waals surface area contributed by atoms with E-state index in [2.05, 4.69) is 0 Å². The maximum atomic E-state index is 13.8. The minimum atomic E-state index is -0.0797. The SMILES string of the molecule is C[C@H]1CN(C(=O)CSc2nc3scc(-c4ccccc4)c3c(=O)n2Cc2ccccc2)CCO1. The Labute approximate surface area is 206 Å². The zero-order valence-corrected chi connectivity index (χ0v) is 20.5. The van der Waals surface area contributed by atoms with E-state index in [0.29, 0.717) is 41.6 Å². The third-order valence-corrected chi connectivity index (χ3v) is 7.68. The molecule has 1 aliphatic rings. The van der Waals surface area contributed by atoms with E-state index in [1.807, 2.05) is 77.9 Å². The highest BCUT2D eigenvalue weighted by atomic mass is 32.2. The van der Waals surface area contributed by atoms with Gasteiger partial charge in [-0.25, -0.2) is 4.98 Å². The Morgan fingerprint density at radius 3 is 2.62 bits per heavy atom. The fourth-order valence-corrected chi connectivity index (χ4v) is 6.00. The van der Waals surface area contributed by atoms with E-state index >= 15 is 0 Å². The fourth-order valence-electron chi connectivity index (χ4n) is 4.11. The van der Waals surface area contributed by atoms with Crippen LogP contribution in [-0.4, -0.2) is 51.9 Å². The van der Waals surface area contributed by atoms with Crippen molar-refractivity contribution >= 4 is 39.2 Å². The van der Waals surface area contributed by atoms with Crippen LogP contribution < -0.4 is 5.56 Å². The number of carbonyl (C=O) groups is 1. The molecule has 1 amide bonds. The van der Waals surface area contributed by atoms with Gasteiger partial charge in [-0.3, -0.25) is 14.2 Å². The quantitative estimate of drug-likeness (QED) is 0.293. The van der Waals surface area contributed by atoms with Crippen molar-refractivity contribution in [2.24, 2.45) is 0 Å². The van der Waals surface area contributed by atoms with Crippen LogP contribution in [0.15, 0.2) is 76.0 Å². The van der Waals surface area contributed by atoms with Crippen molar-refractivity contribution in [2.75, 3.05) is 25.4 Å². The standard InChI is InChI=1S/C26H25N3O3S2/c1-18-14-28(12-13-32-18)22(30)17-34-26-27-24-23(21(16-33-24)20-10-6-3-7-11-20)25(31)29(26)15-19-8-4-2-5-9-19/h2-11,16,18H,12-15,17H2,1H3/t18-/m0/s1. The first kappa shape index (κ1) is 22.8. The van der Waals surface area contributed by atoms with Gasteiger partial charge < -0.3 is 9.64 Å². The summed E-state index contributed by atoms with van der Waals surface area (Å²) in [5.74, 6) is 0.271. The summed E-state index contributed by atoms with van der Waals surface area (Å²) in [5, 5.41) is 3.19. The molecule has 0 saturated carbocycles. The Morgan fingerprint density at radius 1 is 1.15 bits per heavy atom. The van der Waals surface area contributed by atoms with E-state index in [-0.39, 0.29) is 23.3 Å². The third-order valence-electron chi connectivity index (χ3n) is 5.85. The maximum Gasteiger partial charge on any atom is 0.263 e. The highest BCUT2D eigenvalue weighted by molar-refractivity contribution is 7.99. The normalized spacial score (nSPS) is 16.1. The van der Waals surface area contributed by atoms with Crippen molar-refractivity contribution < 1.29 is 9.53 Å². The van der Waals surface area contributed by atoms with Crippen LogP contribution >= 0.6 is 23.1 Å². The molecule has 0 unspecified atom stereocenters. The zero-order chi connectivity index (χ0) is 23.5. The highest BCUT2D eigenvalue weighted by Gasteiger charge is 2.23. The van der Waals surface area contributed by atoms with Crippen molar-refractivity contribution in [1.82, 2.24) is 14.5 Å². The summed E-state index contributed by atoms with van der Waals surface area (Å²) in [6.45, 7) is 4.11. The zero-order valence-electron chi connectivity index (χ0n) is 18.8. The van der Waals surface area contributed by atoms with Gasteiger partial charge in [0, 0.05) is 24.0 Å². The van der Waals surface area contributed by atoms with Crippen LogP contribution in [0.5, 0.6) is 0 Å². The van der Waals surface area contributed by atoms with Gasteiger partial charge in [-0.05, 0) is 18.1 Å². The summed E-state index contributed by atoms with van der Waals surface area (Å²) in [7, 11) is 0. The number of benzene rings is 2. The number of rotatable bonds is 6. The minimum absolute atomic E-state index is 0.0379. The predicted octanol–water partition coefficient (Wildman–Crippen LogP) is 4.51. The molecule has 0 radical (unpaired) electrons. The van der Waals surface area contributed by atoms with Crippen molar-refractivity contribution in [3.8, 4) is 11.1 Å². The van der Waals surface area contributed by atoms with Gasteiger partial charge in [-0.15, -0.1) is 11.3 Å². The van der Waals surface area contributed by atoms with E-state index in [1.165, 1.54) is 23.1 Å². The molecule has 2 aromatic carbocycles. The molecule has 1 fully saturated rings. The van der Waals surface area contributed by atoms with E-state index in [0.717, 1.165) is 16.7 Å². The van der Waals surface area contributed by atoms with Gasteiger partial charge in [0.15, 0.2) is 5.16 Å². The number of carbonyl (C=O) groups excluding carboxylic acids is 1. The summed E-state index contributed by atoms with van der Waals surface area (Å²) in [6.07, 6.45) is 0.0379. The number of amides is 1. The maximum absolute atomic E-state index is 13.8. The molecule has 0 bridgehead atoms. The Bertz CT molecular complexity index is 1350. The van der Waals surface area contributed by atoms with Gasteiger partial charge in [0.1, 0.15) is 4.83 Å². The van der Waals surface area contributed by atoms with Gasteiger partial charge in [0.05, 0.1) is 30.4 Å². The molecule has 1 saturated heterocycles. The van der Waals surface area contributed by atoms with E-state index in [9.17, 15) is 9.59 Å². The molecule has 2 aromatic heterocycles. The Kier molecular flexibility index (Phi) is 6.80. The second-order valence-electron chi connectivity index (χ2n) is 8.28. The predicted molar refractivity (Wildman–Crippen MR) is 138 cm³/mol. The molecule has 8 heteroatoms. The molecule has 174 valence electrons. The Balaban J connectivity index is 1.51. The molecular weight excluding hydrogens is 466 g/mol. The van der Waals surface area contributed by atoms with Crippen LogP contribution in [0.4, 0.5) is 0 Å². The average Bonchev–Trinajstić information content (AvgIpc) is 3.30. The number of thiophene rings is 1. The number of fused-ring (bicyclic) bond motifs is 1. The molecule has 1 aliphatic heterocycles. The fraction of sp³-hybridized carbons (Fsp3) is 0.269. The molecule has 34 heavy (non-hydrogen) atoms. The number of hydrogen-bond acceptors (Lipinski definition) is 6. The summed E-state index contributed by atoms with van der Waals surface area (Å²) in [6, 6.07) is 19.8. The van der Waals surface area contributed by atoms with Gasteiger partial charge in [0.25, 0.3) is 5.56 Å². The second-order valence-corrected chi connectivity index (χ2v) is 10.1. The number of nitrogens with zero attached hydrogens (tertiary/aromatic N) is 3. The molecule has 0 spiro atoms. The lowest BCUT2D eigenvalue weighted by molar-refractivity contribution is -0.135. The van der Waals surface area contributed by atoms with Gasteiger partial charge >= 0.3 is 0 Å². The molecule has 0 N–H and O–H groups in total. The smallest absolute Gasteiger partial charge is 0.263 e. The summed E-state index contributed by atoms with van der Waals surface area (Å²) in [4.78, 5) is 34.1. The van der Waals surface area contributed by atoms with Crippen LogP contribution in [0, 0.1) is 0 Å². The monoisotopic (exact) mass is 491 g/mol. The summed E-state index contributed by atoms with van der Waals surface area (Å²) >= 11 is 2.79. The summed E-state index contributed by atoms with van der Waals surface area (Å²) in [5.41, 5.74) is 2.83. The molecule has 3 heterocycles. The molecular formula is C26H25N3O3S2.